The lowest BCUT2D eigenvalue weighted by molar-refractivity contribution is -0.116. The van der Waals surface area contributed by atoms with E-state index in [2.05, 4.69) is 15.5 Å². The fraction of sp³-hybridized carbons (Fsp3) is 0.250. The highest BCUT2D eigenvalue weighted by molar-refractivity contribution is 5.95. The second-order valence-corrected chi connectivity index (χ2v) is 6.47. The Kier molecular flexibility index (Phi) is 5.02. The Morgan fingerprint density at radius 1 is 1.15 bits per heavy atom. The molecule has 134 valence electrons. The van der Waals surface area contributed by atoms with Crippen LogP contribution in [0.5, 0.6) is 5.88 Å². The van der Waals surface area contributed by atoms with Gasteiger partial charge in [0, 0.05) is 17.1 Å². The molecule has 0 bridgehead atoms. The van der Waals surface area contributed by atoms with Crippen molar-refractivity contribution in [2.24, 2.45) is 10.2 Å². The molecule has 0 fully saturated rings. The van der Waals surface area contributed by atoms with Crippen molar-refractivity contribution in [1.29, 1.82) is 0 Å². The SMILES string of the molecule is Cc1ccc(NCC(=O)N=Nc2c(O)n(C(C)C)c3ccccc23)cc1. The van der Waals surface area contributed by atoms with Gasteiger partial charge in [0.25, 0.3) is 5.91 Å². The number of aromatic hydroxyl groups is 1. The minimum atomic E-state index is -0.411. The number of nitrogens with one attached hydrogen (secondary N) is 1. The predicted molar refractivity (Wildman–Crippen MR) is 103 cm³/mol. The van der Waals surface area contributed by atoms with E-state index < -0.39 is 5.91 Å². The van der Waals surface area contributed by atoms with Crippen molar-refractivity contribution in [1.82, 2.24) is 4.57 Å². The first-order valence-electron chi connectivity index (χ1n) is 8.54. The molecule has 1 aromatic heterocycles. The smallest absolute Gasteiger partial charge is 0.283 e. The molecule has 3 aromatic rings. The van der Waals surface area contributed by atoms with Crippen LogP contribution in [0.2, 0.25) is 0 Å². The molecule has 6 heteroatoms. The number of anilines is 1. The molecule has 0 saturated carbocycles. The van der Waals surface area contributed by atoms with E-state index in [0.29, 0.717) is 5.69 Å². The van der Waals surface area contributed by atoms with Crippen molar-refractivity contribution in [2.45, 2.75) is 26.8 Å². The van der Waals surface area contributed by atoms with Crippen molar-refractivity contribution in [3.63, 3.8) is 0 Å². The molecular formula is C20H22N4O2. The van der Waals surface area contributed by atoms with Crippen LogP contribution in [0.25, 0.3) is 10.9 Å². The zero-order chi connectivity index (χ0) is 18.7. The number of nitrogens with zero attached hydrogens (tertiary/aromatic N) is 3. The number of carbonyl (C=O) groups excluding carboxylic acids is 1. The van der Waals surface area contributed by atoms with E-state index in [1.807, 2.05) is 69.3 Å². The molecule has 0 radical (unpaired) electrons. The van der Waals surface area contributed by atoms with Gasteiger partial charge in [-0.05, 0) is 39.0 Å². The molecule has 26 heavy (non-hydrogen) atoms. The molecule has 0 saturated heterocycles. The summed E-state index contributed by atoms with van der Waals surface area (Å²) in [6.45, 7) is 5.99. The minimum Gasteiger partial charge on any atom is -0.493 e. The number of hydrogen-bond donors (Lipinski definition) is 2. The van der Waals surface area contributed by atoms with Crippen LogP contribution in [0.15, 0.2) is 58.8 Å². The maximum absolute atomic E-state index is 12.0. The molecule has 0 spiro atoms. The Labute approximate surface area is 152 Å². The Balaban J connectivity index is 1.78. The maximum Gasteiger partial charge on any atom is 0.283 e. The van der Waals surface area contributed by atoms with Crippen LogP contribution in [0.1, 0.15) is 25.5 Å². The van der Waals surface area contributed by atoms with E-state index in [1.54, 1.807) is 4.57 Å². The van der Waals surface area contributed by atoms with E-state index in [-0.39, 0.29) is 18.5 Å². The molecule has 0 aliphatic carbocycles. The number of azo groups is 1. The van der Waals surface area contributed by atoms with Crippen molar-refractivity contribution in [3.05, 3.63) is 54.1 Å². The Bertz CT molecular complexity index is 956. The third-order valence-corrected chi connectivity index (χ3v) is 4.13. The lowest BCUT2D eigenvalue weighted by Gasteiger charge is -2.10. The van der Waals surface area contributed by atoms with Crippen LogP contribution in [0.3, 0.4) is 0 Å². The maximum atomic E-state index is 12.0. The summed E-state index contributed by atoms with van der Waals surface area (Å²) in [6, 6.07) is 15.3. The minimum absolute atomic E-state index is 0.0178. The van der Waals surface area contributed by atoms with Gasteiger partial charge in [0.2, 0.25) is 5.88 Å². The van der Waals surface area contributed by atoms with Gasteiger partial charge in [0.05, 0.1) is 12.1 Å². The topological polar surface area (TPSA) is 79.0 Å². The zero-order valence-electron chi connectivity index (χ0n) is 15.1. The molecule has 1 heterocycles. The molecule has 3 rings (SSSR count). The van der Waals surface area contributed by atoms with E-state index in [1.165, 1.54) is 0 Å². The molecule has 1 amide bonds. The van der Waals surface area contributed by atoms with Crippen molar-refractivity contribution < 1.29 is 9.90 Å². The molecule has 0 atom stereocenters. The monoisotopic (exact) mass is 350 g/mol. The summed E-state index contributed by atoms with van der Waals surface area (Å²) in [5.74, 6) is -0.393. The normalized spacial score (nSPS) is 11.5. The summed E-state index contributed by atoms with van der Waals surface area (Å²) in [5.41, 5.74) is 3.18. The van der Waals surface area contributed by atoms with E-state index in [9.17, 15) is 9.90 Å². The van der Waals surface area contributed by atoms with Gasteiger partial charge in [-0.15, -0.1) is 10.2 Å². The Morgan fingerprint density at radius 3 is 2.54 bits per heavy atom. The number of rotatable bonds is 5. The molecular weight excluding hydrogens is 328 g/mol. The van der Waals surface area contributed by atoms with Crippen molar-refractivity contribution >= 4 is 28.2 Å². The summed E-state index contributed by atoms with van der Waals surface area (Å²) >= 11 is 0. The van der Waals surface area contributed by atoms with Gasteiger partial charge in [-0.3, -0.25) is 4.79 Å². The van der Waals surface area contributed by atoms with Gasteiger partial charge in [0.1, 0.15) is 0 Å². The fourth-order valence-electron chi connectivity index (χ4n) is 2.84. The van der Waals surface area contributed by atoms with Crippen LogP contribution in [-0.4, -0.2) is 22.1 Å². The number of aryl methyl sites for hydroxylation is 1. The molecule has 2 N–H and O–H groups in total. The van der Waals surface area contributed by atoms with Crippen LogP contribution < -0.4 is 5.32 Å². The number of fused-ring (bicyclic) bond motifs is 1. The first-order valence-corrected chi connectivity index (χ1v) is 8.54. The number of carbonyl (C=O) groups is 1. The van der Waals surface area contributed by atoms with Crippen LogP contribution in [0.4, 0.5) is 11.4 Å². The number of hydrogen-bond acceptors (Lipinski definition) is 4. The quantitative estimate of drug-likeness (QED) is 0.638. The molecule has 0 unspecified atom stereocenters. The lowest BCUT2D eigenvalue weighted by atomic mass is 10.2. The van der Waals surface area contributed by atoms with E-state index >= 15 is 0 Å². The second-order valence-electron chi connectivity index (χ2n) is 6.47. The number of aromatic nitrogens is 1. The third kappa shape index (κ3) is 3.59. The number of benzene rings is 2. The van der Waals surface area contributed by atoms with Crippen LogP contribution in [-0.2, 0) is 4.79 Å². The van der Waals surface area contributed by atoms with Gasteiger partial charge >= 0.3 is 0 Å². The average Bonchev–Trinajstić information content (AvgIpc) is 2.91. The summed E-state index contributed by atoms with van der Waals surface area (Å²) < 4.78 is 1.78. The highest BCUT2D eigenvalue weighted by Crippen LogP contribution is 2.40. The van der Waals surface area contributed by atoms with Crippen LogP contribution >= 0.6 is 0 Å². The number of para-hydroxylation sites is 1. The van der Waals surface area contributed by atoms with E-state index in [0.717, 1.165) is 22.2 Å². The molecule has 0 aliphatic rings. The molecule has 2 aromatic carbocycles. The first-order chi connectivity index (χ1) is 12.5. The van der Waals surface area contributed by atoms with Crippen molar-refractivity contribution in [3.8, 4) is 5.88 Å². The van der Waals surface area contributed by atoms with E-state index in [4.69, 9.17) is 0 Å². The fourth-order valence-corrected chi connectivity index (χ4v) is 2.84. The average molecular weight is 350 g/mol. The predicted octanol–water partition coefficient (Wildman–Crippen LogP) is 4.96. The Hall–Kier alpha value is -3.15. The third-order valence-electron chi connectivity index (χ3n) is 4.13. The molecule has 6 nitrogen and oxygen atoms in total. The largest absolute Gasteiger partial charge is 0.493 e. The first kappa shape index (κ1) is 17.7. The second kappa shape index (κ2) is 7.39. The highest BCUT2D eigenvalue weighted by Gasteiger charge is 2.18. The summed E-state index contributed by atoms with van der Waals surface area (Å²) in [7, 11) is 0. The van der Waals surface area contributed by atoms with Gasteiger partial charge in [0.15, 0.2) is 5.69 Å². The number of amides is 1. The van der Waals surface area contributed by atoms with Gasteiger partial charge in [-0.2, -0.15) is 0 Å². The van der Waals surface area contributed by atoms with Crippen LogP contribution in [0, 0.1) is 6.92 Å². The summed E-state index contributed by atoms with van der Waals surface area (Å²) in [4.78, 5) is 12.0. The zero-order valence-corrected chi connectivity index (χ0v) is 15.1. The summed E-state index contributed by atoms with van der Waals surface area (Å²) in [6.07, 6.45) is 0. The standard InChI is InChI=1S/C20H22N4O2/c1-13(2)24-17-7-5-4-6-16(17)19(20(24)26)23-22-18(25)12-21-15-10-8-14(3)9-11-15/h4-11,13,21,26H,12H2,1-3H3. The van der Waals surface area contributed by atoms with Gasteiger partial charge < -0.3 is 15.0 Å². The lowest BCUT2D eigenvalue weighted by Crippen LogP contribution is -2.10. The van der Waals surface area contributed by atoms with Crippen molar-refractivity contribution in [2.75, 3.05) is 11.9 Å². The molecule has 0 aliphatic heterocycles. The highest BCUT2D eigenvalue weighted by atomic mass is 16.3. The van der Waals surface area contributed by atoms with Gasteiger partial charge in [-0.1, -0.05) is 35.9 Å². The Morgan fingerprint density at radius 2 is 1.85 bits per heavy atom. The summed E-state index contributed by atoms with van der Waals surface area (Å²) in [5, 5.41) is 22.1. The van der Waals surface area contributed by atoms with Gasteiger partial charge in [-0.25, -0.2) is 0 Å².